The van der Waals surface area contributed by atoms with Crippen LogP contribution in [0.4, 0.5) is 0 Å². The maximum absolute atomic E-state index is 5.70. The third kappa shape index (κ3) is 1.50. The van der Waals surface area contributed by atoms with E-state index < -0.39 is 0 Å². The van der Waals surface area contributed by atoms with Gasteiger partial charge in [0.25, 0.3) is 0 Å². The van der Waals surface area contributed by atoms with Crippen molar-refractivity contribution < 1.29 is 0 Å². The van der Waals surface area contributed by atoms with E-state index in [0.29, 0.717) is 0 Å². The summed E-state index contributed by atoms with van der Waals surface area (Å²) >= 11 is 0. The highest BCUT2D eigenvalue weighted by molar-refractivity contribution is 4.90. The van der Waals surface area contributed by atoms with E-state index >= 15 is 0 Å². The van der Waals surface area contributed by atoms with Crippen LogP contribution in [0.15, 0.2) is 0 Å². The first-order valence-corrected chi connectivity index (χ1v) is 5.36. The summed E-state index contributed by atoms with van der Waals surface area (Å²) < 4.78 is 0. The van der Waals surface area contributed by atoms with Crippen LogP contribution in [0.3, 0.4) is 0 Å². The van der Waals surface area contributed by atoms with Gasteiger partial charge in [0.1, 0.15) is 0 Å². The molecule has 1 aliphatic heterocycles. The smallest absolute Gasteiger partial charge is 0.0136 e. The van der Waals surface area contributed by atoms with E-state index in [0.717, 1.165) is 18.5 Å². The van der Waals surface area contributed by atoms with Crippen LogP contribution in [0.1, 0.15) is 32.1 Å². The second-order valence-electron chi connectivity index (χ2n) is 4.24. The van der Waals surface area contributed by atoms with Gasteiger partial charge in [0.15, 0.2) is 0 Å². The number of rotatable bonds is 2. The Morgan fingerprint density at radius 3 is 2.33 bits per heavy atom. The summed E-state index contributed by atoms with van der Waals surface area (Å²) in [6.07, 6.45) is 7.04. The fourth-order valence-electron chi connectivity index (χ4n) is 2.56. The van der Waals surface area contributed by atoms with E-state index in [9.17, 15) is 0 Å². The number of piperidine rings is 1. The fraction of sp³-hybridized carbons (Fsp3) is 1.00. The SMILES string of the molecule is NCC1CCC1N1CCCCC1. The van der Waals surface area contributed by atoms with Gasteiger partial charge in [0, 0.05) is 6.04 Å². The van der Waals surface area contributed by atoms with Gasteiger partial charge in [-0.2, -0.15) is 0 Å². The fourth-order valence-corrected chi connectivity index (χ4v) is 2.56. The van der Waals surface area contributed by atoms with Crippen molar-refractivity contribution >= 4 is 0 Å². The summed E-state index contributed by atoms with van der Waals surface area (Å²) in [5, 5.41) is 0. The molecule has 0 amide bonds. The predicted octanol–water partition coefficient (Wildman–Crippen LogP) is 1.21. The molecule has 12 heavy (non-hydrogen) atoms. The minimum atomic E-state index is 0.822. The second kappa shape index (κ2) is 3.75. The van der Waals surface area contributed by atoms with E-state index in [1.54, 1.807) is 0 Å². The molecule has 0 aromatic heterocycles. The molecule has 1 heterocycles. The van der Waals surface area contributed by atoms with Gasteiger partial charge in [0.2, 0.25) is 0 Å². The Hall–Kier alpha value is -0.0800. The molecule has 70 valence electrons. The van der Waals surface area contributed by atoms with Crippen molar-refractivity contribution in [3.05, 3.63) is 0 Å². The number of likely N-dealkylation sites (tertiary alicyclic amines) is 1. The summed E-state index contributed by atoms with van der Waals surface area (Å²) in [6.45, 7) is 3.57. The lowest BCUT2D eigenvalue weighted by Gasteiger charge is -2.45. The zero-order chi connectivity index (χ0) is 8.39. The van der Waals surface area contributed by atoms with Crippen molar-refractivity contribution in [2.75, 3.05) is 19.6 Å². The Morgan fingerprint density at radius 1 is 1.08 bits per heavy atom. The zero-order valence-corrected chi connectivity index (χ0v) is 7.84. The molecule has 2 rings (SSSR count). The first kappa shape index (κ1) is 8.52. The standard InChI is InChI=1S/C10H20N2/c11-8-9-4-5-10(9)12-6-2-1-3-7-12/h9-10H,1-8,11H2. The Labute approximate surface area is 75.1 Å². The van der Waals surface area contributed by atoms with E-state index in [1.165, 1.54) is 45.2 Å². The van der Waals surface area contributed by atoms with Gasteiger partial charge in [-0.25, -0.2) is 0 Å². The minimum absolute atomic E-state index is 0.822. The lowest BCUT2D eigenvalue weighted by Crippen LogP contribution is -2.51. The van der Waals surface area contributed by atoms with Crippen molar-refractivity contribution in [2.45, 2.75) is 38.1 Å². The highest BCUT2D eigenvalue weighted by Crippen LogP contribution is 2.32. The molecular weight excluding hydrogens is 148 g/mol. The monoisotopic (exact) mass is 168 g/mol. The molecule has 0 spiro atoms. The first-order chi connectivity index (χ1) is 5.92. The summed E-state index contributed by atoms with van der Waals surface area (Å²) in [5.74, 6) is 0.822. The molecule has 2 heteroatoms. The lowest BCUT2D eigenvalue weighted by atomic mass is 9.78. The van der Waals surface area contributed by atoms with Crippen LogP contribution in [0, 0.1) is 5.92 Å². The molecule has 1 aliphatic carbocycles. The van der Waals surface area contributed by atoms with Crippen LogP contribution in [-0.4, -0.2) is 30.6 Å². The van der Waals surface area contributed by atoms with E-state index in [4.69, 9.17) is 5.73 Å². The average Bonchev–Trinajstić information content (AvgIpc) is 2.05. The summed E-state index contributed by atoms with van der Waals surface area (Å²) in [5.41, 5.74) is 5.70. The van der Waals surface area contributed by atoms with Crippen LogP contribution < -0.4 is 5.73 Å². The molecule has 0 aromatic carbocycles. The number of hydrogen-bond acceptors (Lipinski definition) is 2. The van der Waals surface area contributed by atoms with E-state index in [2.05, 4.69) is 4.90 Å². The summed E-state index contributed by atoms with van der Waals surface area (Å²) in [6, 6.07) is 0.857. The Kier molecular flexibility index (Phi) is 2.66. The van der Waals surface area contributed by atoms with Crippen molar-refractivity contribution in [3.8, 4) is 0 Å². The van der Waals surface area contributed by atoms with E-state index in [1.807, 2.05) is 0 Å². The van der Waals surface area contributed by atoms with Crippen LogP contribution in [-0.2, 0) is 0 Å². The van der Waals surface area contributed by atoms with Gasteiger partial charge in [-0.1, -0.05) is 6.42 Å². The average molecular weight is 168 g/mol. The van der Waals surface area contributed by atoms with E-state index in [-0.39, 0.29) is 0 Å². The van der Waals surface area contributed by atoms with Crippen molar-refractivity contribution in [1.29, 1.82) is 0 Å². The quantitative estimate of drug-likeness (QED) is 0.671. The first-order valence-electron chi connectivity index (χ1n) is 5.36. The normalized spacial score (nSPS) is 37.8. The largest absolute Gasteiger partial charge is 0.330 e. The minimum Gasteiger partial charge on any atom is -0.330 e. The molecule has 2 aliphatic rings. The van der Waals surface area contributed by atoms with Gasteiger partial charge in [0.05, 0.1) is 0 Å². The molecule has 1 saturated heterocycles. The molecule has 2 N–H and O–H groups in total. The van der Waals surface area contributed by atoms with Crippen molar-refractivity contribution in [3.63, 3.8) is 0 Å². The molecule has 2 unspecified atom stereocenters. The third-order valence-corrected chi connectivity index (χ3v) is 3.54. The number of nitrogens with two attached hydrogens (primary N) is 1. The molecular formula is C10H20N2. The van der Waals surface area contributed by atoms with Crippen LogP contribution >= 0.6 is 0 Å². The van der Waals surface area contributed by atoms with Gasteiger partial charge < -0.3 is 10.6 Å². The number of hydrogen-bond donors (Lipinski definition) is 1. The summed E-state index contributed by atoms with van der Waals surface area (Å²) in [7, 11) is 0. The summed E-state index contributed by atoms with van der Waals surface area (Å²) in [4.78, 5) is 2.67. The van der Waals surface area contributed by atoms with Crippen LogP contribution in [0.25, 0.3) is 0 Å². The maximum Gasteiger partial charge on any atom is 0.0136 e. The highest BCUT2D eigenvalue weighted by Gasteiger charge is 2.34. The van der Waals surface area contributed by atoms with Gasteiger partial charge >= 0.3 is 0 Å². The van der Waals surface area contributed by atoms with Crippen LogP contribution in [0.2, 0.25) is 0 Å². The van der Waals surface area contributed by atoms with Crippen molar-refractivity contribution in [1.82, 2.24) is 4.90 Å². The van der Waals surface area contributed by atoms with Gasteiger partial charge in [-0.15, -0.1) is 0 Å². The predicted molar refractivity (Wildman–Crippen MR) is 51.0 cm³/mol. The molecule has 1 saturated carbocycles. The Morgan fingerprint density at radius 2 is 1.83 bits per heavy atom. The molecule has 0 bridgehead atoms. The molecule has 2 atom stereocenters. The number of nitrogens with zero attached hydrogens (tertiary/aromatic N) is 1. The third-order valence-electron chi connectivity index (χ3n) is 3.54. The molecule has 0 aromatic rings. The lowest BCUT2D eigenvalue weighted by molar-refractivity contribution is 0.0513. The van der Waals surface area contributed by atoms with Crippen molar-refractivity contribution in [2.24, 2.45) is 11.7 Å². The molecule has 2 fully saturated rings. The van der Waals surface area contributed by atoms with Gasteiger partial charge in [-0.3, -0.25) is 0 Å². The Bertz CT molecular complexity index is 139. The van der Waals surface area contributed by atoms with Gasteiger partial charge in [-0.05, 0) is 51.2 Å². The zero-order valence-electron chi connectivity index (χ0n) is 7.84. The molecule has 0 radical (unpaired) electrons. The highest BCUT2D eigenvalue weighted by atomic mass is 15.2. The topological polar surface area (TPSA) is 29.3 Å². The Balaban J connectivity index is 1.82. The molecule has 2 nitrogen and oxygen atoms in total. The maximum atomic E-state index is 5.70. The second-order valence-corrected chi connectivity index (χ2v) is 4.24. The van der Waals surface area contributed by atoms with Crippen LogP contribution in [0.5, 0.6) is 0 Å².